The van der Waals surface area contributed by atoms with Crippen molar-refractivity contribution in [1.82, 2.24) is 0 Å². The lowest BCUT2D eigenvalue weighted by atomic mass is 9.75. The van der Waals surface area contributed by atoms with Gasteiger partial charge >= 0.3 is 0 Å². The van der Waals surface area contributed by atoms with Crippen molar-refractivity contribution in [3.8, 4) is 0 Å². The fourth-order valence-electron chi connectivity index (χ4n) is 5.94. The molecule has 1 atom stereocenters. The summed E-state index contributed by atoms with van der Waals surface area (Å²) in [5.74, 6) is 1.67. The number of nitrogens with two attached hydrogens (primary N) is 2. The van der Waals surface area contributed by atoms with E-state index < -0.39 is 0 Å². The van der Waals surface area contributed by atoms with Gasteiger partial charge in [0.1, 0.15) is 0 Å². The first-order chi connectivity index (χ1) is 15.6. The number of hydrogen-bond donors (Lipinski definition) is 2. The van der Waals surface area contributed by atoms with Gasteiger partial charge in [-0.05, 0) is 92.1 Å². The van der Waals surface area contributed by atoms with E-state index in [0.717, 1.165) is 17.2 Å². The van der Waals surface area contributed by atoms with Crippen molar-refractivity contribution in [3.63, 3.8) is 0 Å². The highest BCUT2D eigenvalue weighted by molar-refractivity contribution is 5.62. The lowest BCUT2D eigenvalue weighted by Crippen LogP contribution is -2.25. The standard InChI is InChI=1S/C30H42N2/c1-2-3-4-7-22-12-14-24(15-13-22)25-16-18-26(19-17-25)27-9-5-8-23(20-27)21-28-29(31)10-6-11-30(28)32/h5-6,8-11,20-22,26,29H,2-4,7,12-19,31-32H2,1H3. The van der Waals surface area contributed by atoms with Crippen molar-refractivity contribution in [2.45, 2.75) is 95.9 Å². The van der Waals surface area contributed by atoms with E-state index >= 15 is 0 Å². The van der Waals surface area contributed by atoms with Crippen LogP contribution in [0.3, 0.4) is 0 Å². The molecule has 2 heteroatoms. The van der Waals surface area contributed by atoms with Crippen LogP contribution in [0.1, 0.15) is 101 Å². The molecule has 32 heavy (non-hydrogen) atoms. The average Bonchev–Trinajstić information content (AvgIpc) is 2.83. The normalized spacial score (nSPS) is 27.6. The first-order valence-corrected chi connectivity index (χ1v) is 13.0. The number of allylic oxidation sites excluding steroid dienone is 4. The smallest absolute Gasteiger partial charge is 0.0504 e. The minimum absolute atomic E-state index is 0.116. The molecule has 2 nitrogen and oxygen atoms in total. The molecular formula is C30H42N2. The van der Waals surface area contributed by atoms with Crippen LogP contribution >= 0.6 is 0 Å². The van der Waals surface area contributed by atoms with Crippen LogP contribution in [0.25, 0.3) is 6.08 Å². The van der Waals surface area contributed by atoms with Gasteiger partial charge < -0.3 is 11.5 Å². The maximum absolute atomic E-state index is 6.24. The summed E-state index contributed by atoms with van der Waals surface area (Å²) in [5, 5.41) is 0. The molecule has 4 rings (SSSR count). The number of hydrogen-bond acceptors (Lipinski definition) is 2. The maximum Gasteiger partial charge on any atom is 0.0504 e. The van der Waals surface area contributed by atoms with Gasteiger partial charge in [-0.1, -0.05) is 80.2 Å². The lowest BCUT2D eigenvalue weighted by Gasteiger charge is -2.30. The second-order valence-electron chi connectivity index (χ2n) is 10.2. The van der Waals surface area contributed by atoms with E-state index in [1.54, 1.807) is 0 Å². The zero-order chi connectivity index (χ0) is 22.3. The van der Waals surface area contributed by atoms with Crippen LogP contribution in [-0.2, 0) is 0 Å². The highest BCUT2D eigenvalue weighted by Crippen LogP contribution is 2.41. The summed E-state index contributed by atoms with van der Waals surface area (Å²) < 4.78 is 0. The van der Waals surface area contributed by atoms with E-state index in [2.05, 4.69) is 37.3 Å². The lowest BCUT2D eigenvalue weighted by molar-refractivity contribution is 0.364. The Kier molecular flexibility index (Phi) is 8.08. The second-order valence-corrected chi connectivity index (χ2v) is 10.2. The third-order valence-corrected chi connectivity index (χ3v) is 8.00. The van der Waals surface area contributed by atoms with Crippen LogP contribution in [-0.4, -0.2) is 6.04 Å². The summed E-state index contributed by atoms with van der Waals surface area (Å²) in [4.78, 5) is 0. The van der Waals surface area contributed by atoms with Gasteiger partial charge in [0.2, 0.25) is 0 Å². The molecular weight excluding hydrogens is 388 g/mol. The van der Waals surface area contributed by atoms with E-state index in [4.69, 9.17) is 11.5 Å². The quantitative estimate of drug-likeness (QED) is 0.362. The molecule has 0 saturated heterocycles. The SMILES string of the molecule is CCCCCC1CCC(=C2CCC(c3cccc(C=C4C(N)=CC=CC4N)c3)CC2)CC1. The molecule has 1 aromatic carbocycles. The zero-order valence-corrected chi connectivity index (χ0v) is 20.0. The van der Waals surface area contributed by atoms with Crippen LogP contribution in [0.5, 0.6) is 0 Å². The van der Waals surface area contributed by atoms with Crippen molar-refractivity contribution in [1.29, 1.82) is 0 Å². The van der Waals surface area contributed by atoms with Gasteiger partial charge in [0.15, 0.2) is 0 Å². The first kappa shape index (κ1) is 23.1. The van der Waals surface area contributed by atoms with Crippen LogP contribution in [0.4, 0.5) is 0 Å². The van der Waals surface area contributed by atoms with Gasteiger partial charge in [0, 0.05) is 5.70 Å². The van der Waals surface area contributed by atoms with Crippen LogP contribution in [0.15, 0.2) is 64.9 Å². The molecule has 172 valence electrons. The van der Waals surface area contributed by atoms with Gasteiger partial charge in [0.05, 0.1) is 6.04 Å². The highest BCUT2D eigenvalue weighted by Gasteiger charge is 2.23. The van der Waals surface area contributed by atoms with E-state index in [1.165, 1.54) is 88.2 Å². The second kappa shape index (κ2) is 11.2. The molecule has 0 aliphatic heterocycles. The summed E-state index contributed by atoms with van der Waals surface area (Å²) in [6.45, 7) is 2.31. The van der Waals surface area contributed by atoms with Crippen LogP contribution in [0, 0.1) is 5.92 Å². The molecule has 0 bridgehead atoms. The maximum atomic E-state index is 6.24. The first-order valence-electron chi connectivity index (χ1n) is 13.0. The molecule has 0 spiro atoms. The molecule has 0 radical (unpaired) electrons. The Hall–Kier alpha value is -2.06. The molecule has 0 amide bonds. The predicted molar refractivity (Wildman–Crippen MR) is 138 cm³/mol. The minimum atomic E-state index is -0.116. The molecule has 1 unspecified atom stereocenters. The Balaban J connectivity index is 1.34. The Morgan fingerprint density at radius 3 is 2.38 bits per heavy atom. The van der Waals surface area contributed by atoms with Gasteiger partial charge in [-0.3, -0.25) is 0 Å². The summed E-state index contributed by atoms with van der Waals surface area (Å²) in [6.07, 6.45) is 24.6. The molecule has 4 N–H and O–H groups in total. The molecule has 0 aromatic heterocycles. The molecule has 3 aliphatic carbocycles. The molecule has 1 aromatic rings. The Morgan fingerprint density at radius 2 is 1.69 bits per heavy atom. The van der Waals surface area contributed by atoms with Crippen molar-refractivity contribution in [3.05, 3.63) is 76.0 Å². The fourth-order valence-corrected chi connectivity index (χ4v) is 5.94. The van der Waals surface area contributed by atoms with Crippen molar-refractivity contribution >= 4 is 6.08 Å². The Labute approximate surface area is 195 Å². The minimum Gasteiger partial charge on any atom is -0.398 e. The number of unbranched alkanes of at least 4 members (excludes halogenated alkanes) is 2. The van der Waals surface area contributed by atoms with Crippen LogP contribution in [0.2, 0.25) is 0 Å². The van der Waals surface area contributed by atoms with Crippen molar-refractivity contribution in [2.75, 3.05) is 0 Å². The number of benzene rings is 1. The van der Waals surface area contributed by atoms with Crippen molar-refractivity contribution < 1.29 is 0 Å². The molecule has 2 fully saturated rings. The monoisotopic (exact) mass is 430 g/mol. The van der Waals surface area contributed by atoms with Gasteiger partial charge in [-0.25, -0.2) is 0 Å². The van der Waals surface area contributed by atoms with Gasteiger partial charge in [0.25, 0.3) is 0 Å². The van der Waals surface area contributed by atoms with E-state index in [1.807, 2.05) is 29.4 Å². The summed E-state index contributed by atoms with van der Waals surface area (Å²) in [6, 6.07) is 8.92. The van der Waals surface area contributed by atoms with E-state index in [9.17, 15) is 0 Å². The average molecular weight is 431 g/mol. The predicted octanol–water partition coefficient (Wildman–Crippen LogP) is 7.53. The number of rotatable bonds is 6. The largest absolute Gasteiger partial charge is 0.398 e. The summed E-state index contributed by atoms with van der Waals surface area (Å²) in [7, 11) is 0. The van der Waals surface area contributed by atoms with Gasteiger partial charge in [-0.2, -0.15) is 0 Å². The summed E-state index contributed by atoms with van der Waals surface area (Å²) >= 11 is 0. The topological polar surface area (TPSA) is 52.0 Å². The van der Waals surface area contributed by atoms with Crippen molar-refractivity contribution in [2.24, 2.45) is 17.4 Å². The Bertz CT molecular complexity index is 881. The molecule has 2 saturated carbocycles. The third kappa shape index (κ3) is 5.84. The Morgan fingerprint density at radius 1 is 0.969 bits per heavy atom. The van der Waals surface area contributed by atoms with E-state index in [0.29, 0.717) is 5.92 Å². The van der Waals surface area contributed by atoms with E-state index in [-0.39, 0.29) is 6.04 Å². The van der Waals surface area contributed by atoms with Crippen LogP contribution < -0.4 is 11.5 Å². The highest BCUT2D eigenvalue weighted by atomic mass is 14.7. The molecule has 0 heterocycles. The molecule has 3 aliphatic rings. The fraction of sp³-hybridized carbons (Fsp3) is 0.533. The zero-order valence-electron chi connectivity index (χ0n) is 20.0. The third-order valence-electron chi connectivity index (χ3n) is 8.00. The summed E-state index contributed by atoms with van der Waals surface area (Å²) in [5.41, 5.74) is 20.5. The van der Waals surface area contributed by atoms with Gasteiger partial charge in [-0.15, -0.1) is 0 Å².